The summed E-state index contributed by atoms with van der Waals surface area (Å²) in [4.78, 5) is 12.0. The molecule has 8 heteroatoms. The molecule has 0 fully saturated rings. The van der Waals surface area contributed by atoms with Crippen molar-refractivity contribution in [2.24, 2.45) is 0 Å². The number of hydrogen-bond acceptors (Lipinski definition) is 5. The standard InChI is InChI=1S/C14H20N2O5S/c1-22(18,19)16-7-2-6-15-14(17)11-4-5-12-13(10-11)21-9-3-8-20-12/h4-5,10,16H,2-3,6-9H2,1H3,(H,15,17). The van der Waals surface area contributed by atoms with Gasteiger partial charge in [0.1, 0.15) is 0 Å². The Morgan fingerprint density at radius 2 is 1.91 bits per heavy atom. The number of rotatable bonds is 6. The minimum Gasteiger partial charge on any atom is -0.490 e. The van der Waals surface area contributed by atoms with E-state index >= 15 is 0 Å². The lowest BCUT2D eigenvalue weighted by Gasteiger charge is -2.10. The summed E-state index contributed by atoms with van der Waals surface area (Å²) >= 11 is 0. The highest BCUT2D eigenvalue weighted by molar-refractivity contribution is 7.88. The van der Waals surface area contributed by atoms with Crippen molar-refractivity contribution in [2.45, 2.75) is 12.8 Å². The molecule has 22 heavy (non-hydrogen) atoms. The first-order valence-electron chi connectivity index (χ1n) is 7.08. The van der Waals surface area contributed by atoms with Crippen LogP contribution in [-0.2, 0) is 10.0 Å². The lowest BCUT2D eigenvalue weighted by atomic mass is 10.2. The van der Waals surface area contributed by atoms with Crippen LogP contribution in [0.2, 0.25) is 0 Å². The van der Waals surface area contributed by atoms with Crippen molar-refractivity contribution in [3.8, 4) is 11.5 Å². The van der Waals surface area contributed by atoms with Gasteiger partial charge in [-0.3, -0.25) is 4.79 Å². The maximum absolute atomic E-state index is 12.0. The first kappa shape index (κ1) is 16.6. The number of fused-ring (bicyclic) bond motifs is 1. The summed E-state index contributed by atoms with van der Waals surface area (Å²) in [5.74, 6) is 0.991. The van der Waals surface area contributed by atoms with Crippen molar-refractivity contribution >= 4 is 15.9 Å². The first-order valence-corrected chi connectivity index (χ1v) is 8.97. The van der Waals surface area contributed by atoms with Gasteiger partial charge in [0.25, 0.3) is 5.91 Å². The lowest BCUT2D eigenvalue weighted by Crippen LogP contribution is -2.29. The molecule has 0 bridgehead atoms. The van der Waals surface area contributed by atoms with Gasteiger partial charge in [-0.1, -0.05) is 0 Å². The molecule has 1 aliphatic rings. The van der Waals surface area contributed by atoms with Crippen molar-refractivity contribution in [2.75, 3.05) is 32.6 Å². The molecular formula is C14H20N2O5S. The second-order valence-corrected chi connectivity index (χ2v) is 6.82. The van der Waals surface area contributed by atoms with E-state index in [1.54, 1.807) is 18.2 Å². The number of sulfonamides is 1. The van der Waals surface area contributed by atoms with Crippen LogP contribution < -0.4 is 19.5 Å². The number of carbonyl (C=O) groups is 1. The van der Waals surface area contributed by atoms with E-state index in [0.29, 0.717) is 49.8 Å². The highest BCUT2D eigenvalue weighted by Crippen LogP contribution is 2.30. The molecule has 1 amide bonds. The van der Waals surface area contributed by atoms with Gasteiger partial charge in [0, 0.05) is 25.1 Å². The number of benzene rings is 1. The van der Waals surface area contributed by atoms with Crippen LogP contribution in [-0.4, -0.2) is 46.9 Å². The number of amides is 1. The Morgan fingerprint density at radius 3 is 2.64 bits per heavy atom. The van der Waals surface area contributed by atoms with E-state index in [-0.39, 0.29) is 5.91 Å². The molecule has 0 aromatic heterocycles. The predicted molar refractivity (Wildman–Crippen MR) is 81.8 cm³/mol. The molecule has 0 atom stereocenters. The number of carbonyl (C=O) groups excluding carboxylic acids is 1. The van der Waals surface area contributed by atoms with Gasteiger partial charge in [-0.05, 0) is 24.6 Å². The molecule has 122 valence electrons. The second-order valence-electron chi connectivity index (χ2n) is 4.99. The molecule has 2 rings (SSSR count). The molecule has 0 spiro atoms. The van der Waals surface area contributed by atoms with Crippen LogP contribution in [0.15, 0.2) is 18.2 Å². The van der Waals surface area contributed by atoms with Gasteiger partial charge in [-0.15, -0.1) is 0 Å². The summed E-state index contributed by atoms with van der Waals surface area (Å²) in [6, 6.07) is 5.06. The first-order chi connectivity index (χ1) is 10.5. The number of nitrogens with one attached hydrogen (secondary N) is 2. The molecule has 1 heterocycles. The quantitative estimate of drug-likeness (QED) is 0.743. The molecule has 0 saturated heterocycles. The summed E-state index contributed by atoms with van der Waals surface area (Å²) in [5.41, 5.74) is 0.486. The Bertz CT molecular complexity index is 630. The van der Waals surface area contributed by atoms with Gasteiger partial charge in [-0.2, -0.15) is 0 Å². The normalized spacial score (nSPS) is 14.2. The van der Waals surface area contributed by atoms with Crippen LogP contribution >= 0.6 is 0 Å². The van der Waals surface area contributed by atoms with E-state index in [1.165, 1.54) is 0 Å². The monoisotopic (exact) mass is 328 g/mol. The van der Waals surface area contributed by atoms with Crippen LogP contribution in [0.3, 0.4) is 0 Å². The number of ether oxygens (including phenoxy) is 2. The highest BCUT2D eigenvalue weighted by Gasteiger charge is 2.13. The van der Waals surface area contributed by atoms with Gasteiger partial charge in [0.05, 0.1) is 19.5 Å². The fourth-order valence-corrected chi connectivity index (χ4v) is 2.47. The molecule has 0 radical (unpaired) electrons. The van der Waals surface area contributed by atoms with E-state index in [0.717, 1.165) is 12.7 Å². The maximum Gasteiger partial charge on any atom is 0.251 e. The summed E-state index contributed by atoms with van der Waals surface area (Å²) < 4.78 is 35.2. The molecule has 1 aromatic rings. The Hall–Kier alpha value is -1.80. The van der Waals surface area contributed by atoms with Crippen molar-refractivity contribution in [1.29, 1.82) is 0 Å². The molecular weight excluding hydrogens is 308 g/mol. The zero-order valence-corrected chi connectivity index (χ0v) is 13.2. The van der Waals surface area contributed by atoms with E-state index < -0.39 is 10.0 Å². The molecule has 7 nitrogen and oxygen atoms in total. The van der Waals surface area contributed by atoms with Crippen LogP contribution in [0, 0.1) is 0 Å². The Morgan fingerprint density at radius 1 is 1.18 bits per heavy atom. The zero-order valence-electron chi connectivity index (χ0n) is 12.4. The van der Waals surface area contributed by atoms with Gasteiger partial charge >= 0.3 is 0 Å². The summed E-state index contributed by atoms with van der Waals surface area (Å²) in [7, 11) is -3.18. The molecule has 2 N–H and O–H groups in total. The van der Waals surface area contributed by atoms with Gasteiger partial charge in [-0.25, -0.2) is 13.1 Å². The topological polar surface area (TPSA) is 93.7 Å². The van der Waals surface area contributed by atoms with Crippen LogP contribution in [0.1, 0.15) is 23.2 Å². The smallest absolute Gasteiger partial charge is 0.251 e. The summed E-state index contributed by atoms with van der Waals surface area (Å²) in [5, 5.41) is 2.74. The Balaban J connectivity index is 1.84. The van der Waals surface area contributed by atoms with E-state index in [1.807, 2.05) is 0 Å². The minimum atomic E-state index is -3.18. The van der Waals surface area contributed by atoms with Crippen LogP contribution in [0.25, 0.3) is 0 Å². The fourth-order valence-electron chi connectivity index (χ4n) is 1.95. The van der Waals surface area contributed by atoms with E-state index in [2.05, 4.69) is 10.0 Å². The third kappa shape index (κ3) is 5.19. The van der Waals surface area contributed by atoms with Gasteiger partial charge in [0.2, 0.25) is 10.0 Å². The Labute approximate surface area is 130 Å². The van der Waals surface area contributed by atoms with Crippen molar-refractivity contribution in [3.63, 3.8) is 0 Å². The minimum absolute atomic E-state index is 0.227. The van der Waals surface area contributed by atoms with Crippen LogP contribution in [0.5, 0.6) is 11.5 Å². The number of hydrogen-bond donors (Lipinski definition) is 2. The van der Waals surface area contributed by atoms with E-state index in [9.17, 15) is 13.2 Å². The Kier molecular flexibility index (Phi) is 5.62. The zero-order chi connectivity index (χ0) is 16.0. The average Bonchev–Trinajstić information content (AvgIpc) is 2.69. The second kappa shape index (κ2) is 7.46. The van der Waals surface area contributed by atoms with Gasteiger partial charge < -0.3 is 14.8 Å². The van der Waals surface area contributed by atoms with Crippen molar-refractivity contribution < 1.29 is 22.7 Å². The van der Waals surface area contributed by atoms with Crippen LogP contribution in [0.4, 0.5) is 0 Å². The SMILES string of the molecule is CS(=O)(=O)NCCCNC(=O)c1ccc2c(c1)OCCCO2. The molecule has 0 aliphatic carbocycles. The lowest BCUT2D eigenvalue weighted by molar-refractivity contribution is 0.0953. The third-order valence-electron chi connectivity index (χ3n) is 3.01. The summed E-state index contributed by atoms with van der Waals surface area (Å²) in [6.45, 7) is 1.84. The molecule has 0 unspecified atom stereocenters. The van der Waals surface area contributed by atoms with E-state index in [4.69, 9.17) is 9.47 Å². The molecule has 1 aliphatic heterocycles. The average molecular weight is 328 g/mol. The third-order valence-corrected chi connectivity index (χ3v) is 3.74. The van der Waals surface area contributed by atoms with Crippen molar-refractivity contribution in [3.05, 3.63) is 23.8 Å². The largest absolute Gasteiger partial charge is 0.490 e. The fraction of sp³-hybridized carbons (Fsp3) is 0.500. The summed E-state index contributed by atoms with van der Waals surface area (Å²) in [6.07, 6.45) is 2.43. The predicted octanol–water partition coefficient (Wildman–Crippen LogP) is 0.517. The van der Waals surface area contributed by atoms with Crippen molar-refractivity contribution in [1.82, 2.24) is 10.0 Å². The molecule has 0 saturated carbocycles. The highest BCUT2D eigenvalue weighted by atomic mass is 32.2. The molecule has 1 aromatic carbocycles. The maximum atomic E-state index is 12.0. The van der Waals surface area contributed by atoms with Gasteiger partial charge in [0.15, 0.2) is 11.5 Å².